The van der Waals surface area contributed by atoms with Crippen LogP contribution in [0.1, 0.15) is 40.7 Å². The molecule has 3 N–H and O–H groups in total. The number of hydrogen-bond acceptors (Lipinski definition) is 6. The molecule has 1 aromatic heterocycles. The third kappa shape index (κ3) is 4.16. The van der Waals surface area contributed by atoms with Gasteiger partial charge in [-0.3, -0.25) is 14.5 Å². The van der Waals surface area contributed by atoms with E-state index in [1.807, 2.05) is 30.0 Å². The highest BCUT2D eigenvalue weighted by Gasteiger charge is 2.30. The quantitative estimate of drug-likeness (QED) is 0.592. The van der Waals surface area contributed by atoms with Crippen molar-refractivity contribution >= 4 is 38.5 Å². The number of hydrogen-bond donors (Lipinski definition) is 2. The van der Waals surface area contributed by atoms with Gasteiger partial charge in [-0.1, -0.05) is 17.7 Å². The van der Waals surface area contributed by atoms with Gasteiger partial charge in [0.25, 0.3) is 5.91 Å². The highest BCUT2D eigenvalue weighted by Crippen LogP contribution is 2.31. The summed E-state index contributed by atoms with van der Waals surface area (Å²) in [4.78, 5) is 19.9. The molecule has 3 aromatic rings. The number of ether oxygens (including phenoxy) is 1. The van der Waals surface area contributed by atoms with Crippen LogP contribution in [0.4, 0.5) is 5.69 Å². The first kappa shape index (κ1) is 22.1. The molecular formula is C24H25N5O4S. The number of likely N-dealkylation sites (tertiary alicyclic amines) is 1. The Kier molecular flexibility index (Phi) is 5.60. The minimum Gasteiger partial charge on any atom is -0.491 e. The third-order valence-electron chi connectivity index (χ3n) is 6.19. The molecule has 0 unspecified atom stereocenters. The van der Waals surface area contributed by atoms with Crippen LogP contribution in [0.3, 0.4) is 0 Å². The number of nitrogens with two attached hydrogens (primary N) is 1. The van der Waals surface area contributed by atoms with Gasteiger partial charge in [-0.15, -0.1) is 4.40 Å². The van der Waals surface area contributed by atoms with Gasteiger partial charge in [0.15, 0.2) is 5.84 Å². The van der Waals surface area contributed by atoms with Crippen LogP contribution in [-0.4, -0.2) is 49.2 Å². The third-order valence-corrected chi connectivity index (χ3v) is 7.10. The van der Waals surface area contributed by atoms with Crippen LogP contribution in [0.15, 0.2) is 53.1 Å². The number of carbonyl (C=O) groups excluding carboxylic acids is 1. The van der Waals surface area contributed by atoms with Gasteiger partial charge in [-0.25, -0.2) is 0 Å². The topological polar surface area (TPSA) is 127 Å². The van der Waals surface area contributed by atoms with Gasteiger partial charge in [0.05, 0.1) is 28.4 Å². The fourth-order valence-electron chi connectivity index (χ4n) is 4.57. The molecule has 2 aromatic carbocycles. The lowest BCUT2D eigenvalue weighted by molar-refractivity contribution is 0.0530. The molecule has 1 atom stereocenters. The lowest BCUT2D eigenvalue weighted by Gasteiger charge is -2.36. The largest absolute Gasteiger partial charge is 0.491 e. The van der Waals surface area contributed by atoms with E-state index in [0.717, 1.165) is 35.7 Å². The zero-order valence-electron chi connectivity index (χ0n) is 18.7. The van der Waals surface area contributed by atoms with Crippen molar-refractivity contribution in [1.29, 1.82) is 0 Å². The monoisotopic (exact) mass is 479 g/mol. The number of amides is 1. The summed E-state index contributed by atoms with van der Waals surface area (Å²) in [6.07, 6.45) is 4.38. The molecule has 1 amide bonds. The van der Waals surface area contributed by atoms with Crippen molar-refractivity contribution in [3.8, 4) is 5.75 Å². The molecule has 0 saturated carbocycles. The number of piperidine rings is 1. The first-order chi connectivity index (χ1) is 16.3. The lowest BCUT2D eigenvalue weighted by atomic mass is 9.99. The molecule has 10 heteroatoms. The van der Waals surface area contributed by atoms with Crippen LogP contribution in [0.2, 0.25) is 0 Å². The number of anilines is 1. The number of aromatic nitrogens is 1. The first-order valence-electron chi connectivity index (χ1n) is 11.1. The molecule has 34 heavy (non-hydrogen) atoms. The molecule has 0 spiro atoms. The number of amidine groups is 1. The Balaban J connectivity index is 1.41. The average Bonchev–Trinajstić information content (AvgIpc) is 2.81. The average molecular weight is 480 g/mol. The lowest BCUT2D eigenvalue weighted by Crippen LogP contribution is -2.46. The van der Waals surface area contributed by atoms with E-state index in [0.29, 0.717) is 29.1 Å². The van der Waals surface area contributed by atoms with Gasteiger partial charge in [0.1, 0.15) is 12.4 Å². The predicted octanol–water partition coefficient (Wildman–Crippen LogP) is 2.99. The van der Waals surface area contributed by atoms with E-state index >= 15 is 0 Å². The zero-order chi connectivity index (χ0) is 23.9. The van der Waals surface area contributed by atoms with E-state index in [1.54, 1.807) is 30.5 Å². The second-order valence-corrected chi connectivity index (χ2v) is 9.91. The van der Waals surface area contributed by atoms with Crippen molar-refractivity contribution in [2.45, 2.75) is 32.2 Å². The molecule has 9 nitrogen and oxygen atoms in total. The van der Waals surface area contributed by atoms with Crippen molar-refractivity contribution in [2.24, 2.45) is 10.1 Å². The normalized spacial score (nSPS) is 19.1. The molecule has 1 fully saturated rings. The predicted molar refractivity (Wildman–Crippen MR) is 130 cm³/mol. The Labute approximate surface area is 197 Å². The number of fused-ring (bicyclic) bond motifs is 2. The van der Waals surface area contributed by atoms with Gasteiger partial charge < -0.3 is 15.4 Å². The highest BCUT2D eigenvalue weighted by molar-refractivity contribution is 7.91. The number of aryl methyl sites for hydroxylation is 1. The summed E-state index contributed by atoms with van der Waals surface area (Å²) in [5.74, 6) is 0.249. The van der Waals surface area contributed by atoms with Crippen molar-refractivity contribution < 1.29 is 17.9 Å². The number of nitrogens with one attached hydrogen (secondary N) is 1. The van der Waals surface area contributed by atoms with Crippen LogP contribution in [-0.2, 0) is 10.2 Å². The maximum atomic E-state index is 13.6. The summed E-state index contributed by atoms with van der Waals surface area (Å²) < 4.78 is 35.7. The molecule has 0 radical (unpaired) electrons. The molecule has 5 rings (SSSR count). The van der Waals surface area contributed by atoms with Crippen molar-refractivity contribution in [2.75, 3.05) is 17.9 Å². The molecule has 0 aliphatic carbocycles. The van der Waals surface area contributed by atoms with E-state index in [-0.39, 0.29) is 24.4 Å². The summed E-state index contributed by atoms with van der Waals surface area (Å²) in [6.45, 7) is 2.89. The number of nitrogens with zero attached hydrogens (tertiary/aromatic N) is 3. The van der Waals surface area contributed by atoms with Gasteiger partial charge in [-0.05, 0) is 56.5 Å². The second kappa shape index (κ2) is 8.60. The summed E-state index contributed by atoms with van der Waals surface area (Å²) in [6, 6.07) is 12.5. The Morgan fingerprint density at radius 2 is 2.09 bits per heavy atom. The summed E-state index contributed by atoms with van der Waals surface area (Å²) in [7, 11) is -3.87. The SMILES string of the molecule is Cc1ccc2nccc(C(=O)N3CCCC[C@@H]3COc3cccc4c3C(N)=NS(=O)(=O)N4)c2c1. The molecule has 2 aliphatic heterocycles. The highest BCUT2D eigenvalue weighted by atomic mass is 32.2. The van der Waals surface area contributed by atoms with E-state index in [2.05, 4.69) is 14.1 Å². The number of rotatable bonds is 4. The molecule has 0 bridgehead atoms. The zero-order valence-corrected chi connectivity index (χ0v) is 19.5. The Hall–Kier alpha value is -3.66. The summed E-state index contributed by atoms with van der Waals surface area (Å²) in [5.41, 5.74) is 9.13. The fourth-order valence-corrected chi connectivity index (χ4v) is 5.41. The van der Waals surface area contributed by atoms with Gasteiger partial charge in [-0.2, -0.15) is 8.42 Å². The Bertz CT molecular complexity index is 1420. The van der Waals surface area contributed by atoms with Crippen molar-refractivity contribution in [3.63, 3.8) is 0 Å². The van der Waals surface area contributed by atoms with Crippen LogP contribution >= 0.6 is 0 Å². The van der Waals surface area contributed by atoms with Crippen molar-refractivity contribution in [3.05, 3.63) is 65.4 Å². The van der Waals surface area contributed by atoms with Gasteiger partial charge >= 0.3 is 10.2 Å². The van der Waals surface area contributed by atoms with E-state index < -0.39 is 10.2 Å². The van der Waals surface area contributed by atoms with Crippen LogP contribution in [0.25, 0.3) is 10.9 Å². The molecule has 1 saturated heterocycles. The number of carbonyl (C=O) groups is 1. The Morgan fingerprint density at radius 1 is 1.24 bits per heavy atom. The maximum Gasteiger partial charge on any atom is 0.344 e. The van der Waals surface area contributed by atoms with Gasteiger partial charge in [0, 0.05) is 18.1 Å². The minimum absolute atomic E-state index is 0.0461. The van der Waals surface area contributed by atoms with E-state index in [4.69, 9.17) is 10.5 Å². The fraction of sp³-hybridized carbons (Fsp3) is 0.292. The first-order valence-corrected chi connectivity index (χ1v) is 12.6. The number of pyridine rings is 1. The molecule has 176 valence electrons. The Morgan fingerprint density at radius 3 is 2.94 bits per heavy atom. The van der Waals surface area contributed by atoms with Crippen molar-refractivity contribution in [1.82, 2.24) is 9.88 Å². The van der Waals surface area contributed by atoms with Crippen LogP contribution in [0.5, 0.6) is 5.75 Å². The van der Waals surface area contributed by atoms with E-state index in [9.17, 15) is 13.2 Å². The van der Waals surface area contributed by atoms with Crippen LogP contribution in [0, 0.1) is 6.92 Å². The smallest absolute Gasteiger partial charge is 0.344 e. The minimum atomic E-state index is -3.87. The van der Waals surface area contributed by atoms with Crippen LogP contribution < -0.4 is 15.2 Å². The molecule has 3 heterocycles. The summed E-state index contributed by atoms with van der Waals surface area (Å²) in [5, 5.41) is 0.839. The standard InChI is InChI=1S/C24H25N5O4S/c1-15-8-9-19-18(13-15)17(10-11-26-19)24(30)29-12-3-2-5-16(29)14-33-21-7-4-6-20-22(21)23(25)28-34(31,32)27-20/h4,6-11,13,16,27H,2-3,5,12,14H2,1H3,(H2,25,28)/t16-/m1/s1. The van der Waals surface area contributed by atoms with E-state index in [1.165, 1.54) is 0 Å². The van der Waals surface area contributed by atoms with Gasteiger partial charge in [0.2, 0.25) is 0 Å². The molecule has 2 aliphatic rings. The number of benzene rings is 2. The maximum absolute atomic E-state index is 13.6. The second-order valence-electron chi connectivity index (χ2n) is 8.57. The summed E-state index contributed by atoms with van der Waals surface area (Å²) >= 11 is 0. The molecular weight excluding hydrogens is 454 g/mol.